The van der Waals surface area contributed by atoms with Gasteiger partial charge < -0.3 is 35.0 Å². The molecular weight excluding hydrogens is 428 g/mol. The van der Waals surface area contributed by atoms with Crippen molar-refractivity contribution in [2.24, 2.45) is 34.5 Å². The minimum absolute atomic E-state index is 0.0746. The van der Waals surface area contributed by atoms with E-state index in [2.05, 4.69) is 13.8 Å². The van der Waals surface area contributed by atoms with Crippen LogP contribution in [0, 0.1) is 34.5 Å². The number of fused-ring (bicyclic) bond motifs is 5. The highest BCUT2D eigenvalue weighted by Crippen LogP contribution is 2.66. The Kier molecular flexibility index (Phi) is 6.11. The zero-order valence-electron chi connectivity index (χ0n) is 19.7. The molecule has 13 atom stereocenters. The Morgan fingerprint density at radius 3 is 2.27 bits per heavy atom. The van der Waals surface area contributed by atoms with Gasteiger partial charge in [-0.15, -0.1) is 0 Å². The van der Waals surface area contributed by atoms with Gasteiger partial charge >= 0.3 is 5.97 Å². The highest BCUT2D eigenvalue weighted by Gasteiger charge is 2.60. The largest absolute Gasteiger partial charge is 0.479 e. The second-order valence-electron chi connectivity index (χ2n) is 12.1. The van der Waals surface area contributed by atoms with Crippen molar-refractivity contribution in [1.29, 1.82) is 0 Å². The van der Waals surface area contributed by atoms with Crippen molar-refractivity contribution in [2.45, 2.75) is 115 Å². The molecule has 5 rings (SSSR count). The first kappa shape index (κ1) is 23.9. The lowest BCUT2D eigenvalue weighted by molar-refractivity contribution is -0.309. The van der Waals surface area contributed by atoms with E-state index in [9.17, 15) is 30.3 Å². The minimum atomic E-state index is -1.70. The Balaban J connectivity index is 1.26. The van der Waals surface area contributed by atoms with E-state index >= 15 is 0 Å². The van der Waals surface area contributed by atoms with Crippen LogP contribution in [0.15, 0.2) is 0 Å². The Hall–Kier alpha value is -0.770. The summed E-state index contributed by atoms with van der Waals surface area (Å²) >= 11 is 0. The summed E-state index contributed by atoms with van der Waals surface area (Å²) in [6, 6.07) is 0. The topological polar surface area (TPSA) is 137 Å². The van der Waals surface area contributed by atoms with E-state index < -0.39 is 36.7 Å². The molecule has 33 heavy (non-hydrogen) atoms. The van der Waals surface area contributed by atoms with Gasteiger partial charge in [-0.2, -0.15) is 0 Å². The molecule has 5 aliphatic rings. The number of carbonyl (C=O) groups is 1. The van der Waals surface area contributed by atoms with Gasteiger partial charge in [0.25, 0.3) is 0 Å². The molecule has 4 aliphatic carbocycles. The fraction of sp³-hybridized carbons (Fsp3) is 0.960. The quantitative estimate of drug-likeness (QED) is 0.395. The highest BCUT2D eigenvalue weighted by molar-refractivity contribution is 5.73. The number of hydrogen-bond acceptors (Lipinski definition) is 7. The molecule has 0 spiro atoms. The minimum Gasteiger partial charge on any atom is -0.479 e. The van der Waals surface area contributed by atoms with Gasteiger partial charge in [-0.05, 0) is 92.3 Å². The maximum absolute atomic E-state index is 11.4. The number of ether oxygens (including phenoxy) is 2. The van der Waals surface area contributed by atoms with Crippen LogP contribution >= 0.6 is 0 Å². The first-order valence-electron chi connectivity index (χ1n) is 12.8. The number of hydrogen-bond donors (Lipinski definition) is 5. The number of rotatable bonds is 3. The van der Waals surface area contributed by atoms with Crippen LogP contribution in [0.25, 0.3) is 0 Å². The van der Waals surface area contributed by atoms with Crippen molar-refractivity contribution < 1.29 is 39.8 Å². The molecule has 0 aromatic carbocycles. The van der Waals surface area contributed by atoms with Crippen LogP contribution in [0.2, 0.25) is 0 Å². The molecule has 8 heteroatoms. The third-order valence-electron chi connectivity index (χ3n) is 10.7. The molecule has 5 fully saturated rings. The van der Waals surface area contributed by atoms with Crippen molar-refractivity contribution in [2.75, 3.05) is 0 Å². The van der Waals surface area contributed by atoms with E-state index in [1.165, 1.54) is 12.8 Å². The van der Waals surface area contributed by atoms with E-state index in [0.717, 1.165) is 44.9 Å². The normalized spacial score (nSPS) is 56.5. The second-order valence-corrected chi connectivity index (χ2v) is 12.1. The summed E-state index contributed by atoms with van der Waals surface area (Å²) in [5.41, 5.74) is 0.300. The number of aliphatic hydroxyl groups is 4. The average molecular weight is 469 g/mol. The summed E-state index contributed by atoms with van der Waals surface area (Å²) in [5, 5.41) is 50.3. The van der Waals surface area contributed by atoms with Crippen LogP contribution in [0.3, 0.4) is 0 Å². The van der Waals surface area contributed by atoms with Crippen LogP contribution in [0.1, 0.15) is 71.6 Å². The van der Waals surface area contributed by atoms with Crippen LogP contribution in [0.5, 0.6) is 0 Å². The number of aliphatic hydroxyl groups excluding tert-OH is 4. The summed E-state index contributed by atoms with van der Waals surface area (Å²) in [6.45, 7) is 4.74. The third-order valence-corrected chi connectivity index (χ3v) is 10.7. The lowest BCUT2D eigenvalue weighted by atomic mass is 9.45. The zero-order chi connectivity index (χ0) is 23.7. The van der Waals surface area contributed by atoms with Crippen LogP contribution < -0.4 is 0 Å². The summed E-state index contributed by atoms with van der Waals surface area (Å²) in [4.78, 5) is 11.4. The maximum Gasteiger partial charge on any atom is 0.335 e. The van der Waals surface area contributed by atoms with E-state index in [1.54, 1.807) is 0 Å². The van der Waals surface area contributed by atoms with Crippen molar-refractivity contribution >= 4 is 5.97 Å². The van der Waals surface area contributed by atoms with E-state index in [4.69, 9.17) is 9.47 Å². The summed E-state index contributed by atoms with van der Waals surface area (Å²) in [5.74, 6) is 1.05. The lowest BCUT2D eigenvalue weighted by Crippen LogP contribution is -2.61. The lowest BCUT2D eigenvalue weighted by Gasteiger charge is -2.61. The predicted molar refractivity (Wildman–Crippen MR) is 117 cm³/mol. The predicted octanol–water partition coefficient (Wildman–Crippen LogP) is 1.67. The van der Waals surface area contributed by atoms with Gasteiger partial charge in [0.1, 0.15) is 18.3 Å². The Labute approximate surface area is 195 Å². The third kappa shape index (κ3) is 3.67. The molecule has 0 aromatic rings. The standard InChI is InChI=1S/C25H40O8/c1-24-9-7-13(32-23-20(29)18(27)19(28)21(33-23)22(30)31)11-12(24)3-4-14-15-5-6-17(26)25(15,2)10-8-16(14)24/h12-21,23,26-29H,3-11H2,1-2H3,(H,30,31)/t12-,13+,14-,15-,16-,17-,18+,19-,20+,21+,23+,24-,25-/m0/s1. The molecule has 0 amide bonds. The van der Waals surface area contributed by atoms with Gasteiger partial charge in [-0.3, -0.25) is 0 Å². The number of carboxylic acid groups (broad SMARTS) is 1. The molecule has 5 N–H and O–H groups in total. The molecule has 0 unspecified atom stereocenters. The van der Waals surface area contributed by atoms with Crippen LogP contribution in [0.4, 0.5) is 0 Å². The van der Waals surface area contributed by atoms with Crippen molar-refractivity contribution in [3.05, 3.63) is 0 Å². The molecule has 0 aromatic heterocycles. The Bertz CT molecular complexity index is 761. The van der Waals surface area contributed by atoms with E-state index in [1.807, 2.05) is 0 Å². The number of carboxylic acids is 1. The van der Waals surface area contributed by atoms with E-state index in [0.29, 0.717) is 23.7 Å². The molecule has 0 bridgehead atoms. The van der Waals surface area contributed by atoms with Gasteiger partial charge in [0.05, 0.1) is 12.2 Å². The monoisotopic (exact) mass is 468 g/mol. The van der Waals surface area contributed by atoms with Gasteiger partial charge in [0, 0.05) is 0 Å². The van der Waals surface area contributed by atoms with Crippen molar-refractivity contribution in [3.63, 3.8) is 0 Å². The second kappa shape index (κ2) is 8.42. The molecule has 1 aliphatic heterocycles. The average Bonchev–Trinajstić information content (AvgIpc) is 3.08. The smallest absolute Gasteiger partial charge is 0.335 e. The first-order valence-corrected chi connectivity index (χ1v) is 12.8. The van der Waals surface area contributed by atoms with Crippen LogP contribution in [-0.2, 0) is 14.3 Å². The highest BCUT2D eigenvalue weighted by atomic mass is 16.7. The molecule has 1 heterocycles. The van der Waals surface area contributed by atoms with Gasteiger partial charge in [-0.25, -0.2) is 4.79 Å². The molecule has 188 valence electrons. The van der Waals surface area contributed by atoms with Gasteiger partial charge in [-0.1, -0.05) is 13.8 Å². The SMILES string of the molecule is C[C@]12CC[C@@H](O[C@@H]3O[C@@H](C(=O)O)[C@@H](O)[C@@H](O)[C@H]3O)C[C@@H]1CC[C@@H]1[C@@H]2CC[C@]2(C)[C@@H](O)CC[C@@H]12. The summed E-state index contributed by atoms with van der Waals surface area (Å²) < 4.78 is 11.4. The molecule has 1 saturated heterocycles. The zero-order valence-corrected chi connectivity index (χ0v) is 19.7. The molecule has 4 saturated carbocycles. The van der Waals surface area contributed by atoms with E-state index in [-0.39, 0.29) is 23.0 Å². The summed E-state index contributed by atoms with van der Waals surface area (Å²) in [6.07, 6.45) is 1.19. The van der Waals surface area contributed by atoms with Crippen molar-refractivity contribution in [1.82, 2.24) is 0 Å². The first-order chi connectivity index (χ1) is 15.6. The molecule has 0 radical (unpaired) electrons. The Morgan fingerprint density at radius 2 is 1.55 bits per heavy atom. The van der Waals surface area contributed by atoms with Gasteiger partial charge in [0.15, 0.2) is 12.4 Å². The summed E-state index contributed by atoms with van der Waals surface area (Å²) in [7, 11) is 0. The van der Waals surface area contributed by atoms with Crippen LogP contribution in [-0.4, -0.2) is 74.4 Å². The fourth-order valence-corrected chi connectivity index (χ4v) is 8.67. The number of aliphatic carboxylic acids is 1. The molecule has 8 nitrogen and oxygen atoms in total. The Morgan fingerprint density at radius 1 is 0.848 bits per heavy atom. The van der Waals surface area contributed by atoms with Crippen molar-refractivity contribution in [3.8, 4) is 0 Å². The molecular formula is C25H40O8. The maximum atomic E-state index is 11.4. The van der Waals surface area contributed by atoms with Gasteiger partial charge in [0.2, 0.25) is 0 Å². The fourth-order valence-electron chi connectivity index (χ4n) is 8.67.